The lowest BCUT2D eigenvalue weighted by atomic mass is 10.0. The summed E-state index contributed by atoms with van der Waals surface area (Å²) < 4.78 is 41.1. The van der Waals surface area contributed by atoms with Gasteiger partial charge in [-0.15, -0.1) is 0 Å². The predicted molar refractivity (Wildman–Crippen MR) is 153 cm³/mol. The van der Waals surface area contributed by atoms with Crippen LogP contribution in [-0.4, -0.2) is 59.4 Å². The number of halogens is 3. The quantitative estimate of drug-likeness (QED) is 0.224. The molecule has 2 aliphatic rings. The molecule has 1 saturated heterocycles. The molecule has 230 valence electrons. The Bertz CT molecular complexity index is 1710. The molecule has 0 spiro atoms. The van der Waals surface area contributed by atoms with Crippen LogP contribution in [0, 0.1) is 11.8 Å². The minimum Gasteiger partial charge on any atom is -0.481 e. The number of carboxylic acids is 1. The molecule has 1 aliphatic carbocycles. The van der Waals surface area contributed by atoms with Gasteiger partial charge >= 0.3 is 12.1 Å². The number of hydrogen-bond donors (Lipinski definition) is 4. The number of rotatable bonds is 7. The lowest BCUT2D eigenvalue weighted by Gasteiger charge is -2.20. The number of nitrogen functional groups attached to an aromatic ring is 1. The number of carbonyl (C=O) groups excluding carboxylic acids is 1. The first-order chi connectivity index (χ1) is 21.0. The van der Waals surface area contributed by atoms with E-state index < -0.39 is 29.9 Å². The summed E-state index contributed by atoms with van der Waals surface area (Å²) in [4.78, 5) is 39.3. The van der Waals surface area contributed by atoms with Gasteiger partial charge in [-0.2, -0.15) is 13.2 Å². The number of likely N-dealkylation sites (tertiary alicyclic amines) is 1. The summed E-state index contributed by atoms with van der Waals surface area (Å²) in [5.41, 5.74) is 7.65. The Morgan fingerprint density at radius 3 is 2.52 bits per heavy atom. The molecule has 4 atom stereocenters. The second-order valence-corrected chi connectivity index (χ2v) is 11.3. The van der Waals surface area contributed by atoms with E-state index in [1.165, 1.54) is 0 Å². The van der Waals surface area contributed by atoms with E-state index >= 15 is 0 Å². The van der Waals surface area contributed by atoms with E-state index in [1.807, 2.05) is 4.40 Å². The van der Waals surface area contributed by atoms with Gasteiger partial charge in [-0.05, 0) is 37.8 Å². The van der Waals surface area contributed by atoms with Crippen LogP contribution in [0.5, 0.6) is 0 Å². The van der Waals surface area contributed by atoms with Gasteiger partial charge in [0.05, 0.1) is 11.5 Å². The highest BCUT2D eigenvalue weighted by molar-refractivity contribution is 5.85. The normalized spacial score (nSPS) is 21.1. The number of nitrogens with one attached hydrogen (secondary N) is 1. The van der Waals surface area contributed by atoms with E-state index in [0.717, 1.165) is 30.6 Å². The maximum Gasteiger partial charge on any atom is 0.416 e. The zero-order chi connectivity index (χ0) is 31.2. The van der Waals surface area contributed by atoms with Gasteiger partial charge in [0.1, 0.15) is 28.7 Å². The fraction of sp³-hybridized carbons (Fsp3) is 0.367. The highest BCUT2D eigenvalue weighted by Crippen LogP contribution is 2.41. The number of imidazole rings is 1. The summed E-state index contributed by atoms with van der Waals surface area (Å²) in [5.74, 6) is -0.779. The maximum absolute atomic E-state index is 13.2. The van der Waals surface area contributed by atoms with Crippen LogP contribution in [0.1, 0.15) is 54.8 Å². The van der Waals surface area contributed by atoms with Gasteiger partial charge in [-0.1, -0.05) is 24.3 Å². The molecule has 1 amide bonds. The monoisotopic (exact) mass is 609 g/mol. The zero-order valence-corrected chi connectivity index (χ0v) is 23.4. The second kappa shape index (κ2) is 11.4. The van der Waals surface area contributed by atoms with Crippen molar-refractivity contribution in [3.05, 3.63) is 71.9 Å². The second-order valence-electron chi connectivity index (χ2n) is 11.3. The molecule has 4 heterocycles. The Hall–Kier alpha value is -4.72. The molecule has 2 fully saturated rings. The molecule has 1 unspecified atom stereocenters. The Balaban J connectivity index is 1.21. The largest absolute Gasteiger partial charge is 0.481 e. The molecule has 1 saturated carbocycles. The van der Waals surface area contributed by atoms with Crippen molar-refractivity contribution in [2.75, 3.05) is 24.1 Å². The molecule has 14 heteroatoms. The number of nitrogens with two attached hydrogens (primary N) is 1. The number of benzene rings is 1. The van der Waals surface area contributed by atoms with Crippen molar-refractivity contribution >= 4 is 29.0 Å². The summed E-state index contributed by atoms with van der Waals surface area (Å²) in [6.07, 6.45) is 0.951. The molecule has 5 N–H and O–H groups in total. The van der Waals surface area contributed by atoms with E-state index in [9.17, 15) is 33.0 Å². The molecule has 0 radical (unpaired) electrons. The number of fused-ring (bicyclic) bond motifs is 1. The van der Waals surface area contributed by atoms with Crippen molar-refractivity contribution in [1.82, 2.24) is 24.3 Å². The van der Waals surface area contributed by atoms with E-state index in [1.54, 1.807) is 41.6 Å². The van der Waals surface area contributed by atoms with Crippen LogP contribution in [0.3, 0.4) is 0 Å². The van der Waals surface area contributed by atoms with Crippen molar-refractivity contribution in [2.45, 2.75) is 44.0 Å². The standard InChI is InChI=1S/C30H30F3N7O4/c31-30(32,33)21-7-9-35-22(14-21)37-27(41)17-3-1-16(2-4-17)23-24-25(34)36-10-12-40(24)26(38-23)18-5-6-19(13-18)28(42)39-11-8-20(15-39)29(43)44/h1-4,7,9-10,12,14,18-20,27,41H,5-6,8,11,13,15H2,(H2,34,36)(H,35,37)(H,43,44)/t18-,19+,20+,27?/m0/s1. The van der Waals surface area contributed by atoms with E-state index in [-0.39, 0.29) is 35.9 Å². The lowest BCUT2D eigenvalue weighted by Crippen LogP contribution is -2.34. The topological polar surface area (TPSA) is 159 Å². The van der Waals surface area contributed by atoms with Crippen LogP contribution >= 0.6 is 0 Å². The van der Waals surface area contributed by atoms with Gasteiger partial charge in [0.15, 0.2) is 6.23 Å². The lowest BCUT2D eigenvalue weighted by molar-refractivity contribution is -0.142. The molecule has 3 aromatic heterocycles. The maximum atomic E-state index is 13.2. The summed E-state index contributed by atoms with van der Waals surface area (Å²) in [6.45, 7) is 0.691. The first kappa shape index (κ1) is 29.4. The minimum atomic E-state index is -4.54. The Labute approximate surface area is 249 Å². The first-order valence-electron chi connectivity index (χ1n) is 14.2. The number of nitrogens with zero attached hydrogens (tertiary/aromatic N) is 5. The summed E-state index contributed by atoms with van der Waals surface area (Å²) in [5, 5.41) is 22.5. The molecular formula is C30H30F3N7O4. The number of pyridine rings is 1. The van der Waals surface area contributed by atoms with Crippen molar-refractivity contribution < 1.29 is 33.0 Å². The summed E-state index contributed by atoms with van der Waals surface area (Å²) in [7, 11) is 0. The molecule has 6 rings (SSSR count). The number of alkyl halides is 3. The van der Waals surface area contributed by atoms with Gasteiger partial charge in [-0.25, -0.2) is 15.0 Å². The summed E-state index contributed by atoms with van der Waals surface area (Å²) >= 11 is 0. The van der Waals surface area contributed by atoms with Crippen LogP contribution in [0.25, 0.3) is 16.8 Å². The first-order valence-corrected chi connectivity index (χ1v) is 14.2. The number of aliphatic hydroxyl groups excluding tert-OH is 1. The average molecular weight is 610 g/mol. The van der Waals surface area contributed by atoms with Gasteiger partial charge in [0.2, 0.25) is 5.91 Å². The highest BCUT2D eigenvalue weighted by Gasteiger charge is 2.39. The fourth-order valence-corrected chi connectivity index (χ4v) is 6.17. The Morgan fingerprint density at radius 1 is 1.05 bits per heavy atom. The number of aliphatic carboxylic acids is 1. The smallest absolute Gasteiger partial charge is 0.416 e. The summed E-state index contributed by atoms with van der Waals surface area (Å²) in [6, 6.07) is 8.39. The SMILES string of the molecule is Nc1nccn2c([C@H]3CC[C@@H](C(=O)N4CC[C@@H](C(=O)O)C4)C3)nc(-c3ccc(C(O)Nc4cc(C(F)(F)F)ccn4)cc3)c12. The van der Waals surface area contributed by atoms with E-state index in [2.05, 4.69) is 15.3 Å². The third kappa shape index (κ3) is 5.64. The van der Waals surface area contributed by atoms with Crippen molar-refractivity contribution in [3.8, 4) is 11.3 Å². The molecule has 0 bridgehead atoms. The van der Waals surface area contributed by atoms with Crippen molar-refractivity contribution in [2.24, 2.45) is 11.8 Å². The van der Waals surface area contributed by atoms with Crippen LogP contribution in [0.15, 0.2) is 55.0 Å². The minimum absolute atomic E-state index is 0.0124. The van der Waals surface area contributed by atoms with E-state index in [0.29, 0.717) is 48.1 Å². The number of anilines is 2. The average Bonchev–Trinajstić information content (AvgIpc) is 3.76. The number of carboxylic acid groups (broad SMARTS) is 1. The molecule has 1 aliphatic heterocycles. The van der Waals surface area contributed by atoms with Crippen molar-refractivity contribution in [3.63, 3.8) is 0 Å². The number of amides is 1. The number of aromatic nitrogens is 4. The Morgan fingerprint density at radius 2 is 1.82 bits per heavy atom. The molecule has 44 heavy (non-hydrogen) atoms. The van der Waals surface area contributed by atoms with Gasteiger partial charge in [-0.3, -0.25) is 14.0 Å². The predicted octanol–water partition coefficient (Wildman–Crippen LogP) is 4.31. The van der Waals surface area contributed by atoms with Crippen molar-refractivity contribution in [1.29, 1.82) is 0 Å². The zero-order valence-electron chi connectivity index (χ0n) is 23.4. The molecule has 11 nitrogen and oxygen atoms in total. The van der Waals surface area contributed by atoms with Gasteiger partial charge < -0.3 is 26.2 Å². The number of carbonyl (C=O) groups is 2. The third-order valence-corrected chi connectivity index (χ3v) is 8.48. The van der Waals surface area contributed by atoms with Gasteiger partial charge in [0, 0.05) is 54.6 Å². The third-order valence-electron chi connectivity index (χ3n) is 8.48. The van der Waals surface area contributed by atoms with Crippen LogP contribution < -0.4 is 11.1 Å². The van der Waals surface area contributed by atoms with Gasteiger partial charge in [0.25, 0.3) is 0 Å². The highest BCUT2D eigenvalue weighted by atomic mass is 19.4. The molecular weight excluding hydrogens is 579 g/mol. The molecule has 4 aromatic rings. The van der Waals surface area contributed by atoms with Crippen LogP contribution in [0.2, 0.25) is 0 Å². The van der Waals surface area contributed by atoms with Crippen LogP contribution in [0.4, 0.5) is 24.8 Å². The van der Waals surface area contributed by atoms with E-state index in [4.69, 9.17) is 10.7 Å². The van der Waals surface area contributed by atoms with Crippen LogP contribution in [-0.2, 0) is 15.8 Å². The fourth-order valence-electron chi connectivity index (χ4n) is 6.17. The Kier molecular flexibility index (Phi) is 7.61. The number of aliphatic hydroxyl groups is 1. The molecule has 1 aromatic carbocycles. The number of hydrogen-bond acceptors (Lipinski definition) is 8.